The summed E-state index contributed by atoms with van der Waals surface area (Å²) in [6, 6.07) is 3.23. The highest BCUT2D eigenvalue weighted by Crippen LogP contribution is 2.24. The molecule has 0 radical (unpaired) electrons. The van der Waals surface area contributed by atoms with Crippen LogP contribution in [0.2, 0.25) is 0 Å². The quantitative estimate of drug-likeness (QED) is 0.737. The van der Waals surface area contributed by atoms with E-state index in [9.17, 15) is 22.0 Å². The number of hydrogen-bond acceptors (Lipinski definition) is 3. The van der Waals surface area contributed by atoms with Crippen molar-refractivity contribution in [1.29, 1.82) is 0 Å². The monoisotopic (exact) mass is 416 g/mol. The largest absolute Gasteiger partial charge is 0.348 e. The lowest BCUT2D eigenvalue weighted by atomic mass is 9.86. The summed E-state index contributed by atoms with van der Waals surface area (Å²) in [5.41, 5.74) is 0. The summed E-state index contributed by atoms with van der Waals surface area (Å²) in [7, 11) is -4.24. The third-order valence-electron chi connectivity index (χ3n) is 5.81. The summed E-state index contributed by atoms with van der Waals surface area (Å²) in [4.78, 5) is 12.4. The van der Waals surface area contributed by atoms with Gasteiger partial charge in [0.05, 0.1) is 26.2 Å². The van der Waals surface area contributed by atoms with Gasteiger partial charge >= 0.3 is 0 Å². The van der Waals surface area contributed by atoms with Crippen LogP contribution in [0.25, 0.3) is 0 Å². The van der Waals surface area contributed by atoms with E-state index >= 15 is 0 Å². The van der Waals surface area contributed by atoms with Gasteiger partial charge in [-0.2, -0.15) is 4.31 Å². The van der Waals surface area contributed by atoms with Gasteiger partial charge in [0.15, 0.2) is 11.4 Å². The van der Waals surface area contributed by atoms with Gasteiger partial charge in [0.25, 0.3) is 5.91 Å². The Kier molecular flexibility index (Phi) is 6.67. The molecule has 1 saturated carbocycles. The average Bonchev–Trinajstić information content (AvgIpc) is 2.64. The summed E-state index contributed by atoms with van der Waals surface area (Å²) in [6.45, 7) is 3.52. The zero-order chi connectivity index (χ0) is 20.3. The number of hydrogen-bond donors (Lipinski definition) is 2. The van der Waals surface area contributed by atoms with Crippen molar-refractivity contribution in [2.45, 2.75) is 43.5 Å². The fourth-order valence-electron chi connectivity index (χ4n) is 4.09. The summed E-state index contributed by atoms with van der Waals surface area (Å²) >= 11 is 0. The van der Waals surface area contributed by atoms with Gasteiger partial charge in [-0.3, -0.25) is 4.79 Å². The van der Waals surface area contributed by atoms with Gasteiger partial charge in [-0.05, 0) is 30.9 Å². The van der Waals surface area contributed by atoms with Crippen molar-refractivity contribution in [2.24, 2.45) is 5.92 Å². The number of benzene rings is 1. The van der Waals surface area contributed by atoms with Crippen molar-refractivity contribution in [3.05, 3.63) is 29.8 Å². The fraction of sp³-hybridized carbons (Fsp3) is 0.632. The van der Waals surface area contributed by atoms with E-state index in [4.69, 9.17) is 0 Å². The Bertz CT molecular complexity index is 790. The second-order valence-electron chi connectivity index (χ2n) is 7.82. The topological polar surface area (TPSA) is 70.9 Å². The average molecular weight is 417 g/mol. The minimum atomic E-state index is -4.24. The molecule has 3 rings (SSSR count). The number of sulfonamides is 1. The number of amides is 1. The van der Waals surface area contributed by atoms with Gasteiger partial charge in [0, 0.05) is 6.04 Å². The molecule has 0 aromatic heterocycles. The Morgan fingerprint density at radius 2 is 1.79 bits per heavy atom. The smallest absolute Gasteiger partial charge is 0.275 e. The first-order valence-electron chi connectivity index (χ1n) is 9.86. The molecule has 2 N–H and O–H groups in total. The van der Waals surface area contributed by atoms with E-state index in [0.717, 1.165) is 46.7 Å². The van der Waals surface area contributed by atoms with Crippen molar-refractivity contribution in [1.82, 2.24) is 9.62 Å². The molecule has 2 fully saturated rings. The number of carbonyl (C=O) groups excluding carboxylic acids is 1. The van der Waals surface area contributed by atoms with Crippen LogP contribution in [-0.2, 0) is 14.8 Å². The zero-order valence-corrected chi connectivity index (χ0v) is 16.9. The number of rotatable bonds is 5. The Morgan fingerprint density at radius 3 is 2.39 bits per heavy atom. The summed E-state index contributed by atoms with van der Waals surface area (Å²) < 4.78 is 54.1. The standard InChI is InChI=1S/C19H27F2N3O3S/c1-14-5-2-3-8-17(14)22-18(25)13-23-9-11-24(12-10-23)28(26,27)19-15(20)6-4-7-16(19)21/h4,6-7,14,17H,2-3,5,8-13H2,1H3,(H,22,25)/p+1/t14-,17-/m1/s1. The van der Waals surface area contributed by atoms with E-state index in [2.05, 4.69) is 12.2 Å². The minimum Gasteiger partial charge on any atom is -0.348 e. The third-order valence-corrected chi connectivity index (χ3v) is 7.77. The lowest BCUT2D eigenvalue weighted by Gasteiger charge is -2.33. The predicted octanol–water partition coefficient (Wildman–Crippen LogP) is 0.549. The Morgan fingerprint density at radius 1 is 1.18 bits per heavy atom. The highest BCUT2D eigenvalue weighted by molar-refractivity contribution is 7.89. The molecule has 1 aromatic rings. The number of quaternary nitrogens is 1. The molecule has 28 heavy (non-hydrogen) atoms. The van der Waals surface area contributed by atoms with Gasteiger partial charge in [-0.1, -0.05) is 25.8 Å². The lowest BCUT2D eigenvalue weighted by molar-refractivity contribution is -0.895. The van der Waals surface area contributed by atoms with Gasteiger partial charge in [0.1, 0.15) is 11.6 Å². The first-order chi connectivity index (χ1) is 13.3. The molecule has 0 unspecified atom stereocenters. The van der Waals surface area contributed by atoms with Crippen LogP contribution in [0.4, 0.5) is 8.78 Å². The number of nitrogens with one attached hydrogen (secondary N) is 2. The molecule has 1 saturated heterocycles. The van der Waals surface area contributed by atoms with Crippen molar-refractivity contribution in [3.8, 4) is 0 Å². The summed E-state index contributed by atoms with van der Waals surface area (Å²) in [5.74, 6) is -1.72. The molecule has 1 aromatic carbocycles. The first-order valence-corrected chi connectivity index (χ1v) is 11.3. The van der Waals surface area contributed by atoms with E-state index in [1.54, 1.807) is 0 Å². The van der Waals surface area contributed by atoms with Gasteiger partial charge < -0.3 is 10.2 Å². The van der Waals surface area contributed by atoms with Crippen LogP contribution in [0.15, 0.2) is 23.1 Å². The van der Waals surface area contributed by atoms with Crippen LogP contribution >= 0.6 is 0 Å². The van der Waals surface area contributed by atoms with Crippen LogP contribution in [0, 0.1) is 17.6 Å². The highest BCUT2D eigenvalue weighted by Gasteiger charge is 2.35. The number of halogens is 2. The van der Waals surface area contributed by atoms with E-state index in [0.29, 0.717) is 19.0 Å². The van der Waals surface area contributed by atoms with E-state index in [1.807, 2.05) is 0 Å². The van der Waals surface area contributed by atoms with Gasteiger partial charge in [0.2, 0.25) is 10.0 Å². The Hall–Kier alpha value is -1.58. The number of piperazine rings is 1. The highest BCUT2D eigenvalue weighted by atomic mass is 32.2. The normalized spacial score (nSPS) is 24.8. The maximum Gasteiger partial charge on any atom is 0.275 e. The van der Waals surface area contributed by atoms with Crippen LogP contribution in [0.1, 0.15) is 32.6 Å². The van der Waals surface area contributed by atoms with Crippen LogP contribution in [-0.4, -0.2) is 57.4 Å². The van der Waals surface area contributed by atoms with Gasteiger partial charge in [-0.25, -0.2) is 17.2 Å². The lowest BCUT2D eigenvalue weighted by Crippen LogP contribution is -3.15. The van der Waals surface area contributed by atoms with Crippen molar-refractivity contribution >= 4 is 15.9 Å². The zero-order valence-electron chi connectivity index (χ0n) is 16.1. The van der Waals surface area contributed by atoms with Crippen LogP contribution in [0.5, 0.6) is 0 Å². The molecule has 1 amide bonds. The molecule has 9 heteroatoms. The molecule has 1 aliphatic carbocycles. The number of carbonyl (C=O) groups is 1. The Labute approximate surface area is 164 Å². The molecule has 1 heterocycles. The molecule has 2 aliphatic rings. The van der Waals surface area contributed by atoms with E-state index in [1.165, 1.54) is 6.42 Å². The molecule has 1 aliphatic heterocycles. The maximum atomic E-state index is 13.9. The molecule has 2 atom stereocenters. The van der Waals surface area contributed by atoms with Crippen LogP contribution in [0.3, 0.4) is 0 Å². The minimum absolute atomic E-state index is 0.0230. The second-order valence-corrected chi connectivity index (χ2v) is 9.69. The van der Waals surface area contributed by atoms with E-state index < -0.39 is 26.6 Å². The van der Waals surface area contributed by atoms with Crippen molar-refractivity contribution in [2.75, 3.05) is 32.7 Å². The molecule has 0 bridgehead atoms. The third kappa shape index (κ3) is 4.69. The van der Waals surface area contributed by atoms with Crippen LogP contribution < -0.4 is 10.2 Å². The molecule has 6 nitrogen and oxygen atoms in total. The molecular weight excluding hydrogens is 388 g/mol. The summed E-state index contributed by atoms with van der Waals surface area (Å²) in [5, 5.41) is 3.11. The van der Waals surface area contributed by atoms with Crippen molar-refractivity contribution < 1.29 is 26.9 Å². The predicted molar refractivity (Wildman–Crippen MR) is 100 cm³/mol. The molecule has 156 valence electrons. The molecular formula is C19H28F2N3O3S+. The van der Waals surface area contributed by atoms with Gasteiger partial charge in [-0.15, -0.1) is 0 Å². The number of nitrogens with zero attached hydrogens (tertiary/aromatic N) is 1. The summed E-state index contributed by atoms with van der Waals surface area (Å²) in [6.07, 6.45) is 4.46. The fourth-order valence-corrected chi connectivity index (χ4v) is 5.64. The second kappa shape index (κ2) is 8.84. The Balaban J connectivity index is 1.55. The first kappa shape index (κ1) is 21.1. The molecule has 0 spiro atoms. The SMILES string of the molecule is C[C@@H]1CCCC[C@H]1NC(=O)C[NH+]1CCN(S(=O)(=O)c2c(F)cccc2F)CC1. The van der Waals surface area contributed by atoms with E-state index in [-0.39, 0.29) is 31.6 Å². The van der Waals surface area contributed by atoms with Crippen molar-refractivity contribution in [3.63, 3.8) is 0 Å². The maximum absolute atomic E-state index is 13.9.